The summed E-state index contributed by atoms with van der Waals surface area (Å²) in [5, 5.41) is 0.715. The Bertz CT molecular complexity index is 1600. The fourth-order valence-corrected chi connectivity index (χ4v) is 5.84. The highest BCUT2D eigenvalue weighted by molar-refractivity contribution is 7.89. The molecule has 7 nitrogen and oxygen atoms in total. The number of para-hydroxylation sites is 1. The third kappa shape index (κ3) is 4.45. The van der Waals surface area contributed by atoms with Gasteiger partial charge in [0.2, 0.25) is 10.0 Å². The first-order valence-corrected chi connectivity index (χ1v) is 12.8. The van der Waals surface area contributed by atoms with Crippen molar-refractivity contribution in [1.82, 2.24) is 13.9 Å². The van der Waals surface area contributed by atoms with Gasteiger partial charge >= 0.3 is 0 Å². The molecule has 1 unspecified atom stereocenters. The fraction of sp³-hybridized carbons (Fsp3) is 0.231. The van der Waals surface area contributed by atoms with Crippen LogP contribution in [0.1, 0.15) is 29.9 Å². The molecule has 0 spiro atoms. The van der Waals surface area contributed by atoms with Gasteiger partial charge in [0.25, 0.3) is 5.56 Å². The van der Waals surface area contributed by atoms with Crippen molar-refractivity contribution < 1.29 is 13.2 Å². The summed E-state index contributed by atoms with van der Waals surface area (Å²) in [4.78, 5) is 18.4. The molecule has 35 heavy (non-hydrogen) atoms. The van der Waals surface area contributed by atoms with Gasteiger partial charge in [-0.05, 0) is 62.7 Å². The molecule has 0 aliphatic heterocycles. The van der Waals surface area contributed by atoms with Gasteiger partial charge in [0.05, 0.1) is 29.7 Å². The second-order valence-electron chi connectivity index (χ2n) is 8.41. The second-order valence-corrected chi connectivity index (χ2v) is 10.8. The van der Waals surface area contributed by atoms with Crippen LogP contribution in [0.15, 0.2) is 70.4 Å². The van der Waals surface area contributed by atoms with Crippen molar-refractivity contribution in [1.29, 1.82) is 0 Å². The highest BCUT2D eigenvalue weighted by Gasteiger charge is 2.32. The van der Waals surface area contributed by atoms with Gasteiger partial charge in [-0.2, -0.15) is 4.31 Å². The quantitative estimate of drug-likeness (QED) is 0.362. The smallest absolute Gasteiger partial charge is 0.266 e. The van der Waals surface area contributed by atoms with Crippen molar-refractivity contribution in [2.45, 2.75) is 31.7 Å². The molecule has 0 aliphatic carbocycles. The summed E-state index contributed by atoms with van der Waals surface area (Å²) in [7, 11) is -1.22. The Morgan fingerprint density at radius 1 is 1.06 bits per heavy atom. The average Bonchev–Trinajstić information content (AvgIpc) is 2.83. The second kappa shape index (κ2) is 9.45. The molecule has 9 heteroatoms. The molecule has 0 radical (unpaired) electrons. The number of sulfonamides is 1. The SMILES string of the molecule is COc1ccc(Cl)cc1S(=O)(=O)N(C)C(C)c1nc2ccccc2c(=O)n1-c1ccc(C)cc1C. The first-order chi connectivity index (χ1) is 16.6. The summed E-state index contributed by atoms with van der Waals surface area (Å²) in [6, 6.07) is 16.4. The fourth-order valence-electron chi connectivity index (χ4n) is 4.10. The van der Waals surface area contributed by atoms with E-state index < -0.39 is 16.1 Å². The van der Waals surface area contributed by atoms with Crippen LogP contribution in [0.2, 0.25) is 5.02 Å². The lowest BCUT2D eigenvalue weighted by molar-refractivity contribution is 0.370. The molecular weight excluding hydrogens is 486 g/mol. The van der Waals surface area contributed by atoms with Crippen LogP contribution < -0.4 is 10.3 Å². The molecule has 0 amide bonds. The monoisotopic (exact) mass is 511 g/mol. The minimum absolute atomic E-state index is 0.0666. The molecule has 4 aromatic rings. The van der Waals surface area contributed by atoms with Crippen LogP contribution in [0.3, 0.4) is 0 Å². The maximum Gasteiger partial charge on any atom is 0.266 e. The van der Waals surface area contributed by atoms with Crippen LogP contribution in [0.4, 0.5) is 0 Å². The van der Waals surface area contributed by atoms with Crippen LogP contribution in [-0.2, 0) is 10.0 Å². The molecule has 4 rings (SSSR count). The number of hydrogen-bond donors (Lipinski definition) is 0. The third-order valence-corrected chi connectivity index (χ3v) is 8.28. The van der Waals surface area contributed by atoms with Crippen molar-refractivity contribution >= 4 is 32.5 Å². The van der Waals surface area contributed by atoms with E-state index in [0.29, 0.717) is 22.4 Å². The number of benzene rings is 3. The van der Waals surface area contributed by atoms with Gasteiger partial charge in [0.1, 0.15) is 16.5 Å². The molecule has 1 atom stereocenters. The highest BCUT2D eigenvalue weighted by Crippen LogP contribution is 2.33. The van der Waals surface area contributed by atoms with E-state index in [1.54, 1.807) is 37.3 Å². The Kier molecular flexibility index (Phi) is 6.73. The molecule has 0 fully saturated rings. The number of nitrogens with zero attached hydrogens (tertiary/aromatic N) is 3. The lowest BCUT2D eigenvalue weighted by Gasteiger charge is -2.27. The number of aryl methyl sites for hydroxylation is 2. The highest BCUT2D eigenvalue weighted by atomic mass is 35.5. The van der Waals surface area contributed by atoms with Crippen LogP contribution in [0.5, 0.6) is 5.75 Å². The third-order valence-electron chi connectivity index (χ3n) is 6.10. The van der Waals surface area contributed by atoms with Crippen molar-refractivity contribution in [2.24, 2.45) is 0 Å². The maximum atomic E-state index is 13.7. The van der Waals surface area contributed by atoms with Gasteiger partial charge in [0.15, 0.2) is 0 Å². The Balaban J connectivity index is 1.95. The Hall–Kier alpha value is -3.20. The predicted octanol–water partition coefficient (Wildman–Crippen LogP) is 5.05. The standard InChI is InChI=1S/C26H26ClN3O4S/c1-16-10-12-22(17(2)14-16)30-25(28-21-9-7-6-8-20(21)26(30)31)18(3)29(4)35(32,33)24-15-19(27)11-13-23(24)34-5/h6-15,18H,1-5H3. The van der Waals surface area contributed by atoms with Crippen molar-refractivity contribution in [2.75, 3.05) is 14.2 Å². The zero-order valence-corrected chi connectivity index (χ0v) is 21.7. The summed E-state index contributed by atoms with van der Waals surface area (Å²) in [6.07, 6.45) is 0. The van der Waals surface area contributed by atoms with Gasteiger partial charge < -0.3 is 4.74 Å². The largest absolute Gasteiger partial charge is 0.495 e. The topological polar surface area (TPSA) is 81.5 Å². The summed E-state index contributed by atoms with van der Waals surface area (Å²) >= 11 is 6.11. The normalized spacial score (nSPS) is 12.8. The zero-order valence-electron chi connectivity index (χ0n) is 20.1. The van der Waals surface area contributed by atoms with E-state index in [2.05, 4.69) is 0 Å². The molecular formula is C26H26ClN3O4S. The van der Waals surface area contributed by atoms with Crippen LogP contribution >= 0.6 is 11.6 Å². The van der Waals surface area contributed by atoms with E-state index >= 15 is 0 Å². The van der Waals surface area contributed by atoms with Crippen LogP contribution in [-0.4, -0.2) is 36.4 Å². The van der Waals surface area contributed by atoms with E-state index in [4.69, 9.17) is 21.3 Å². The molecule has 0 N–H and O–H groups in total. The molecule has 0 aliphatic rings. The number of ether oxygens (including phenoxy) is 1. The van der Waals surface area contributed by atoms with Gasteiger partial charge in [-0.25, -0.2) is 13.4 Å². The lowest BCUT2D eigenvalue weighted by Crippen LogP contribution is -2.35. The minimum atomic E-state index is -4.07. The van der Waals surface area contributed by atoms with Gasteiger partial charge in [-0.1, -0.05) is 41.4 Å². The molecule has 0 bridgehead atoms. The molecule has 182 valence electrons. The summed E-state index contributed by atoms with van der Waals surface area (Å²) < 4.78 is 35.3. The number of methoxy groups -OCH3 is 1. The van der Waals surface area contributed by atoms with E-state index in [1.165, 1.54) is 35.2 Å². The minimum Gasteiger partial charge on any atom is -0.495 e. The number of aromatic nitrogens is 2. The van der Waals surface area contributed by atoms with Crippen LogP contribution in [0.25, 0.3) is 16.6 Å². The van der Waals surface area contributed by atoms with Crippen molar-refractivity contribution in [3.63, 3.8) is 0 Å². The summed E-state index contributed by atoms with van der Waals surface area (Å²) in [6.45, 7) is 5.58. The average molecular weight is 512 g/mol. The molecule has 1 aromatic heterocycles. The lowest BCUT2D eigenvalue weighted by atomic mass is 10.1. The van der Waals surface area contributed by atoms with E-state index in [-0.39, 0.29) is 21.2 Å². The number of hydrogen-bond acceptors (Lipinski definition) is 5. The Morgan fingerprint density at radius 3 is 2.46 bits per heavy atom. The predicted molar refractivity (Wildman–Crippen MR) is 138 cm³/mol. The first kappa shape index (κ1) is 24.9. The van der Waals surface area contributed by atoms with E-state index in [9.17, 15) is 13.2 Å². The molecule has 0 saturated carbocycles. The summed E-state index contributed by atoms with van der Waals surface area (Å²) in [5.41, 5.74) is 2.80. The van der Waals surface area contributed by atoms with Crippen LogP contribution in [0, 0.1) is 13.8 Å². The number of rotatable bonds is 6. The van der Waals surface area contributed by atoms with Gasteiger partial charge in [0, 0.05) is 12.1 Å². The molecule has 1 heterocycles. The maximum absolute atomic E-state index is 13.7. The summed E-state index contributed by atoms with van der Waals surface area (Å²) in [5.74, 6) is 0.472. The zero-order chi connectivity index (χ0) is 25.5. The van der Waals surface area contributed by atoms with Crippen molar-refractivity contribution in [3.8, 4) is 11.4 Å². The van der Waals surface area contributed by atoms with E-state index in [1.807, 2.05) is 32.0 Å². The first-order valence-electron chi connectivity index (χ1n) is 11.0. The number of halogens is 1. The van der Waals surface area contributed by atoms with E-state index in [0.717, 1.165) is 11.1 Å². The van der Waals surface area contributed by atoms with Crippen molar-refractivity contribution in [3.05, 3.63) is 93.0 Å². The van der Waals surface area contributed by atoms with Gasteiger partial charge in [-0.3, -0.25) is 9.36 Å². The Morgan fingerprint density at radius 2 is 1.77 bits per heavy atom. The molecule has 0 saturated heterocycles. The Labute approximate surface area is 209 Å². The number of fused-ring (bicyclic) bond motifs is 1. The molecule has 3 aromatic carbocycles. The van der Waals surface area contributed by atoms with Gasteiger partial charge in [-0.15, -0.1) is 0 Å².